The lowest BCUT2D eigenvalue weighted by molar-refractivity contribution is -0.116. The summed E-state index contributed by atoms with van der Waals surface area (Å²) in [6, 6.07) is 7.30. The molecule has 138 valence electrons. The third-order valence-electron chi connectivity index (χ3n) is 3.61. The number of carbonyl (C=O) groups excluding carboxylic acids is 1. The first-order chi connectivity index (χ1) is 12.1. The number of likely N-dealkylation sites (N-methyl/N-ethyl adjacent to an activating group) is 1. The maximum atomic E-state index is 12.4. The minimum atomic E-state index is -3.83. The quantitative estimate of drug-likeness (QED) is 0.781. The molecule has 1 amide bonds. The number of hydrogen-bond acceptors (Lipinski definition) is 6. The van der Waals surface area contributed by atoms with E-state index in [0.29, 0.717) is 9.90 Å². The molecule has 7 nitrogen and oxygen atoms in total. The second kappa shape index (κ2) is 6.78. The molecule has 1 N–H and O–H groups in total. The van der Waals surface area contributed by atoms with Crippen molar-refractivity contribution in [2.75, 3.05) is 18.9 Å². The van der Waals surface area contributed by atoms with Gasteiger partial charge in [-0.1, -0.05) is 17.7 Å². The van der Waals surface area contributed by atoms with Gasteiger partial charge in [0.2, 0.25) is 15.7 Å². The lowest BCUT2D eigenvalue weighted by atomic mass is 10.2. The first kappa shape index (κ1) is 19.1. The highest BCUT2D eigenvalue weighted by molar-refractivity contribution is 7.94. The second-order valence-electron chi connectivity index (χ2n) is 5.47. The van der Waals surface area contributed by atoms with E-state index in [9.17, 15) is 21.6 Å². The topological polar surface area (TPSA) is 101 Å². The van der Waals surface area contributed by atoms with E-state index in [4.69, 9.17) is 11.6 Å². The fraction of sp³-hybridized carbons (Fsp3) is 0.133. The van der Waals surface area contributed by atoms with Crippen molar-refractivity contribution in [3.05, 3.63) is 45.6 Å². The summed E-state index contributed by atoms with van der Waals surface area (Å²) in [5, 5.41) is 3.60. The predicted molar refractivity (Wildman–Crippen MR) is 100 cm³/mol. The average molecular weight is 433 g/mol. The van der Waals surface area contributed by atoms with Crippen LogP contribution in [0.25, 0.3) is 6.08 Å². The van der Waals surface area contributed by atoms with E-state index < -0.39 is 32.3 Å². The molecule has 1 aromatic heterocycles. The van der Waals surface area contributed by atoms with Crippen molar-refractivity contribution in [3.63, 3.8) is 0 Å². The number of thiophene rings is 1. The molecule has 0 saturated carbocycles. The van der Waals surface area contributed by atoms with Gasteiger partial charge in [-0.15, -0.1) is 11.3 Å². The summed E-state index contributed by atoms with van der Waals surface area (Å²) < 4.78 is 49.8. The zero-order valence-corrected chi connectivity index (χ0v) is 16.5. The minimum absolute atomic E-state index is 0.0347. The van der Waals surface area contributed by atoms with E-state index in [-0.39, 0.29) is 14.8 Å². The Morgan fingerprint density at radius 3 is 2.65 bits per heavy atom. The van der Waals surface area contributed by atoms with Crippen LogP contribution in [0.5, 0.6) is 0 Å². The fourth-order valence-corrected chi connectivity index (χ4v) is 6.36. The number of nitrogens with zero attached hydrogens (tertiary/aromatic N) is 1. The molecule has 0 radical (unpaired) electrons. The van der Waals surface area contributed by atoms with Crippen LogP contribution in [-0.4, -0.2) is 40.6 Å². The Balaban J connectivity index is 1.72. The van der Waals surface area contributed by atoms with Crippen LogP contribution in [0.4, 0.5) is 5.69 Å². The predicted octanol–water partition coefficient (Wildman–Crippen LogP) is 2.42. The Morgan fingerprint density at radius 2 is 2.00 bits per heavy atom. The summed E-state index contributed by atoms with van der Waals surface area (Å²) in [6.07, 6.45) is 1.47. The first-order valence-corrected chi connectivity index (χ1v) is 11.4. The molecular weight excluding hydrogens is 420 g/mol. The van der Waals surface area contributed by atoms with Crippen molar-refractivity contribution in [1.29, 1.82) is 0 Å². The summed E-state index contributed by atoms with van der Waals surface area (Å²) >= 11 is 6.65. The van der Waals surface area contributed by atoms with Crippen LogP contribution in [0, 0.1) is 0 Å². The summed E-state index contributed by atoms with van der Waals surface area (Å²) in [7, 11) is -6.05. The van der Waals surface area contributed by atoms with Crippen LogP contribution >= 0.6 is 22.9 Å². The van der Waals surface area contributed by atoms with Crippen molar-refractivity contribution >= 4 is 60.5 Å². The van der Waals surface area contributed by atoms with Crippen molar-refractivity contribution in [2.24, 2.45) is 0 Å². The van der Waals surface area contributed by atoms with E-state index in [2.05, 4.69) is 5.32 Å². The number of fused-ring (bicyclic) bond motifs is 1. The normalized spacial score (nSPS) is 15.2. The minimum Gasteiger partial charge on any atom is -0.325 e. The lowest BCUT2D eigenvalue weighted by Crippen LogP contribution is -2.34. The Bertz CT molecular complexity index is 1120. The molecule has 26 heavy (non-hydrogen) atoms. The van der Waals surface area contributed by atoms with Gasteiger partial charge in [0.05, 0.1) is 15.8 Å². The average Bonchev–Trinajstić information content (AvgIpc) is 3.12. The second-order valence-corrected chi connectivity index (χ2v) is 11.3. The third kappa shape index (κ3) is 3.69. The van der Waals surface area contributed by atoms with Gasteiger partial charge in [-0.2, -0.15) is 4.31 Å². The zero-order valence-electron chi connectivity index (χ0n) is 13.3. The number of anilines is 1. The highest BCUT2D eigenvalue weighted by atomic mass is 35.5. The van der Waals surface area contributed by atoms with Gasteiger partial charge in [0.15, 0.2) is 0 Å². The van der Waals surface area contributed by atoms with E-state index in [0.717, 1.165) is 21.1 Å². The lowest BCUT2D eigenvalue weighted by Gasteiger charge is -2.16. The molecule has 0 bridgehead atoms. The van der Waals surface area contributed by atoms with Gasteiger partial charge in [-0.3, -0.25) is 4.79 Å². The van der Waals surface area contributed by atoms with E-state index in [1.54, 1.807) is 12.1 Å². The maximum absolute atomic E-state index is 12.4. The summed E-state index contributed by atoms with van der Waals surface area (Å²) in [5.74, 6) is -0.595. The largest absolute Gasteiger partial charge is 0.325 e. The van der Waals surface area contributed by atoms with Gasteiger partial charge >= 0.3 is 0 Å². The number of amides is 1. The maximum Gasteiger partial charge on any atom is 0.252 e. The number of rotatable bonds is 5. The molecule has 0 saturated heterocycles. The Kier molecular flexibility index (Phi) is 4.97. The molecule has 1 aliphatic heterocycles. The van der Waals surface area contributed by atoms with Gasteiger partial charge in [-0.25, -0.2) is 16.8 Å². The van der Waals surface area contributed by atoms with Gasteiger partial charge < -0.3 is 5.32 Å². The molecule has 0 spiro atoms. The summed E-state index contributed by atoms with van der Waals surface area (Å²) in [4.78, 5) is 12.3. The molecule has 0 fully saturated rings. The van der Waals surface area contributed by atoms with Crippen LogP contribution < -0.4 is 5.32 Å². The van der Waals surface area contributed by atoms with Crippen LogP contribution in [0.3, 0.4) is 0 Å². The number of carbonyl (C=O) groups is 1. The standard InChI is InChI=1S/C15H13ClN2O5S3/c1-18(26(22,23)15-5-4-13(16)24-15)9-14(19)17-11-3-2-10-6-7-25(20,21)12(10)8-11/h2-8H,9H2,1H3,(H,17,19). The highest BCUT2D eigenvalue weighted by Gasteiger charge is 2.25. The van der Waals surface area contributed by atoms with Gasteiger partial charge in [-0.05, 0) is 35.9 Å². The van der Waals surface area contributed by atoms with Crippen LogP contribution in [-0.2, 0) is 24.7 Å². The van der Waals surface area contributed by atoms with Crippen molar-refractivity contribution in [1.82, 2.24) is 4.31 Å². The number of sulfonamides is 1. The van der Waals surface area contributed by atoms with Gasteiger partial charge in [0.1, 0.15) is 4.21 Å². The molecule has 0 atom stereocenters. The Hall–Kier alpha value is -1.72. The van der Waals surface area contributed by atoms with E-state index >= 15 is 0 Å². The first-order valence-electron chi connectivity index (χ1n) is 7.18. The molecule has 1 aliphatic rings. The van der Waals surface area contributed by atoms with Crippen LogP contribution in [0.15, 0.2) is 44.8 Å². The molecule has 11 heteroatoms. The highest BCUT2D eigenvalue weighted by Crippen LogP contribution is 2.30. The number of nitrogens with one attached hydrogen (secondary N) is 1. The molecular formula is C15H13ClN2O5S3. The number of halogens is 1. The molecule has 2 heterocycles. The smallest absolute Gasteiger partial charge is 0.252 e. The summed E-state index contributed by atoms with van der Waals surface area (Å²) in [5.41, 5.74) is 0.809. The molecule has 0 aliphatic carbocycles. The molecule has 1 aromatic carbocycles. The van der Waals surface area contributed by atoms with Crippen molar-refractivity contribution < 1.29 is 21.6 Å². The fourth-order valence-electron chi connectivity index (χ4n) is 2.31. The van der Waals surface area contributed by atoms with Crippen LogP contribution in [0.1, 0.15) is 5.56 Å². The Morgan fingerprint density at radius 1 is 1.27 bits per heavy atom. The van der Waals surface area contributed by atoms with E-state index in [1.807, 2.05) is 0 Å². The molecule has 3 rings (SSSR count). The molecule has 2 aromatic rings. The summed E-state index contributed by atoms with van der Waals surface area (Å²) in [6.45, 7) is -0.431. The van der Waals surface area contributed by atoms with Gasteiger partial charge in [0.25, 0.3) is 10.0 Å². The number of sulfone groups is 1. The zero-order chi connectivity index (χ0) is 19.1. The van der Waals surface area contributed by atoms with Crippen molar-refractivity contribution in [2.45, 2.75) is 9.10 Å². The van der Waals surface area contributed by atoms with Gasteiger partial charge in [0, 0.05) is 18.1 Å². The monoisotopic (exact) mass is 432 g/mol. The molecule has 0 unspecified atom stereocenters. The SMILES string of the molecule is CN(CC(=O)Nc1ccc2c(c1)S(=O)(=O)C=C2)S(=O)(=O)c1ccc(Cl)s1. The van der Waals surface area contributed by atoms with Crippen LogP contribution in [0.2, 0.25) is 4.34 Å². The van der Waals surface area contributed by atoms with E-state index in [1.165, 1.54) is 31.3 Å². The number of benzene rings is 1. The van der Waals surface area contributed by atoms with Crippen molar-refractivity contribution in [3.8, 4) is 0 Å². The third-order valence-corrected chi connectivity index (χ3v) is 8.57. The Labute approximate surface area is 159 Å². The number of hydrogen-bond donors (Lipinski definition) is 1.